The van der Waals surface area contributed by atoms with E-state index in [2.05, 4.69) is 20.6 Å². The van der Waals surface area contributed by atoms with Crippen molar-refractivity contribution in [1.29, 1.82) is 0 Å². The molecule has 0 saturated carbocycles. The molecule has 21 heavy (non-hydrogen) atoms. The maximum atomic E-state index is 6.07. The van der Waals surface area contributed by atoms with Gasteiger partial charge in [0.25, 0.3) is 0 Å². The van der Waals surface area contributed by atoms with Crippen LogP contribution in [0.25, 0.3) is 21.9 Å². The summed E-state index contributed by atoms with van der Waals surface area (Å²) in [6.45, 7) is 1.68. The SMILES string of the molecule is COCCCCn1c(CCl)nc2cnc3ccccc3c21. The number of para-hydroxylation sites is 1. The first kappa shape index (κ1) is 14.3. The molecule has 0 N–H and O–H groups in total. The predicted octanol–water partition coefficient (Wildman–Crippen LogP) is 3.75. The van der Waals surface area contributed by atoms with Gasteiger partial charge in [-0.3, -0.25) is 4.98 Å². The Morgan fingerprint density at radius 2 is 2.05 bits per heavy atom. The molecule has 4 nitrogen and oxygen atoms in total. The van der Waals surface area contributed by atoms with E-state index in [4.69, 9.17) is 16.3 Å². The van der Waals surface area contributed by atoms with Crippen molar-refractivity contribution in [1.82, 2.24) is 14.5 Å². The van der Waals surface area contributed by atoms with Crippen molar-refractivity contribution < 1.29 is 4.74 Å². The lowest BCUT2D eigenvalue weighted by molar-refractivity contribution is 0.191. The number of methoxy groups -OCH3 is 1. The first-order valence-corrected chi connectivity index (χ1v) is 7.66. The van der Waals surface area contributed by atoms with Gasteiger partial charge in [0.2, 0.25) is 0 Å². The summed E-state index contributed by atoms with van der Waals surface area (Å²) in [4.78, 5) is 9.09. The summed E-state index contributed by atoms with van der Waals surface area (Å²) in [6, 6.07) is 8.16. The third kappa shape index (κ3) is 2.74. The highest BCUT2D eigenvalue weighted by Gasteiger charge is 2.13. The van der Waals surface area contributed by atoms with E-state index in [-0.39, 0.29) is 0 Å². The second-order valence-electron chi connectivity index (χ2n) is 5.02. The minimum atomic E-state index is 0.410. The van der Waals surface area contributed by atoms with Gasteiger partial charge in [-0.15, -0.1) is 11.6 Å². The Bertz CT molecular complexity index is 754. The molecule has 5 heteroatoms. The van der Waals surface area contributed by atoms with Gasteiger partial charge in [0.15, 0.2) is 0 Å². The van der Waals surface area contributed by atoms with Crippen LogP contribution < -0.4 is 0 Å². The first-order chi connectivity index (χ1) is 10.3. The Kier molecular flexibility index (Phi) is 4.36. The normalized spacial score (nSPS) is 11.5. The number of hydrogen-bond donors (Lipinski definition) is 0. The summed E-state index contributed by atoms with van der Waals surface area (Å²) < 4.78 is 7.34. The quantitative estimate of drug-likeness (QED) is 0.514. The molecule has 0 saturated heterocycles. The summed E-state index contributed by atoms with van der Waals surface area (Å²) in [5.41, 5.74) is 3.04. The van der Waals surface area contributed by atoms with Crippen molar-refractivity contribution in [3.63, 3.8) is 0 Å². The van der Waals surface area contributed by atoms with E-state index in [1.807, 2.05) is 24.4 Å². The molecule has 0 bridgehead atoms. The van der Waals surface area contributed by atoms with Gasteiger partial charge in [-0.25, -0.2) is 4.98 Å². The Hall–Kier alpha value is -1.65. The summed E-state index contributed by atoms with van der Waals surface area (Å²) in [7, 11) is 1.73. The van der Waals surface area contributed by atoms with Crippen molar-refractivity contribution in [2.75, 3.05) is 13.7 Å². The fourth-order valence-electron chi connectivity index (χ4n) is 2.67. The predicted molar refractivity (Wildman–Crippen MR) is 85.7 cm³/mol. The molecule has 110 valence electrons. The molecule has 1 aromatic carbocycles. The Balaban J connectivity index is 2.08. The number of imidazole rings is 1. The number of fused-ring (bicyclic) bond motifs is 3. The third-order valence-corrected chi connectivity index (χ3v) is 3.90. The monoisotopic (exact) mass is 303 g/mol. The first-order valence-electron chi connectivity index (χ1n) is 7.13. The highest BCUT2D eigenvalue weighted by atomic mass is 35.5. The summed E-state index contributed by atoms with van der Waals surface area (Å²) in [5, 5.41) is 1.13. The molecule has 2 heterocycles. The number of benzene rings is 1. The van der Waals surface area contributed by atoms with Crippen LogP contribution in [-0.2, 0) is 17.2 Å². The molecule has 0 unspecified atom stereocenters. The molecule has 0 aliphatic heterocycles. The van der Waals surface area contributed by atoms with Crippen LogP contribution >= 0.6 is 11.6 Å². The topological polar surface area (TPSA) is 39.9 Å². The van der Waals surface area contributed by atoms with Crippen LogP contribution in [-0.4, -0.2) is 28.3 Å². The van der Waals surface area contributed by atoms with E-state index < -0.39 is 0 Å². The molecule has 0 aliphatic rings. The number of halogens is 1. The summed E-state index contributed by atoms with van der Waals surface area (Å²) >= 11 is 6.07. The number of hydrogen-bond acceptors (Lipinski definition) is 3. The molecule has 2 aromatic heterocycles. The van der Waals surface area contributed by atoms with Crippen LogP contribution in [0, 0.1) is 0 Å². The molecule has 0 radical (unpaired) electrons. The number of nitrogens with zero attached hydrogens (tertiary/aromatic N) is 3. The van der Waals surface area contributed by atoms with Gasteiger partial charge in [-0.05, 0) is 18.9 Å². The maximum Gasteiger partial charge on any atom is 0.124 e. The van der Waals surface area contributed by atoms with Gasteiger partial charge < -0.3 is 9.30 Å². The maximum absolute atomic E-state index is 6.07. The average Bonchev–Trinajstić information content (AvgIpc) is 2.90. The number of aryl methyl sites for hydroxylation is 1. The van der Waals surface area contributed by atoms with Crippen LogP contribution in [0.4, 0.5) is 0 Å². The second kappa shape index (κ2) is 6.41. The molecule has 0 aliphatic carbocycles. The zero-order valence-electron chi connectivity index (χ0n) is 12.1. The zero-order chi connectivity index (χ0) is 14.7. The summed E-state index contributed by atoms with van der Waals surface area (Å²) in [5.74, 6) is 1.31. The Morgan fingerprint density at radius 3 is 2.86 bits per heavy atom. The van der Waals surface area contributed by atoms with Crippen LogP contribution in [0.2, 0.25) is 0 Å². The standard InChI is InChI=1S/C16H18ClN3O/c1-21-9-5-4-8-20-15(10-17)19-14-11-18-13-7-3-2-6-12(13)16(14)20/h2-3,6-7,11H,4-5,8-10H2,1H3. The molecule has 3 aromatic rings. The van der Waals surface area contributed by atoms with Crippen molar-refractivity contribution in [2.24, 2.45) is 0 Å². The van der Waals surface area contributed by atoms with Crippen molar-refractivity contribution >= 4 is 33.5 Å². The molecule has 0 spiro atoms. The van der Waals surface area contributed by atoms with Crippen molar-refractivity contribution in [2.45, 2.75) is 25.3 Å². The Morgan fingerprint density at radius 1 is 1.19 bits per heavy atom. The number of aromatic nitrogens is 3. The Labute approximate surface area is 128 Å². The van der Waals surface area contributed by atoms with E-state index in [0.717, 1.165) is 53.8 Å². The van der Waals surface area contributed by atoms with Crippen LogP contribution in [0.1, 0.15) is 18.7 Å². The van der Waals surface area contributed by atoms with Crippen LogP contribution in [0.3, 0.4) is 0 Å². The minimum absolute atomic E-state index is 0.410. The van der Waals surface area contributed by atoms with Gasteiger partial charge in [0.1, 0.15) is 11.3 Å². The highest BCUT2D eigenvalue weighted by Crippen LogP contribution is 2.25. The zero-order valence-corrected chi connectivity index (χ0v) is 12.8. The van der Waals surface area contributed by atoms with Crippen molar-refractivity contribution in [3.05, 3.63) is 36.3 Å². The number of pyridine rings is 1. The van der Waals surface area contributed by atoms with E-state index in [1.165, 1.54) is 0 Å². The molecule has 0 amide bonds. The van der Waals surface area contributed by atoms with Gasteiger partial charge >= 0.3 is 0 Å². The lowest BCUT2D eigenvalue weighted by Gasteiger charge is -2.09. The van der Waals surface area contributed by atoms with Gasteiger partial charge in [0.05, 0.1) is 23.1 Å². The molecule has 0 atom stereocenters. The molecular formula is C16H18ClN3O. The largest absolute Gasteiger partial charge is 0.385 e. The number of alkyl halides is 1. The molecule has 3 rings (SSSR count). The third-order valence-electron chi connectivity index (χ3n) is 3.66. The molecule has 0 fully saturated rings. The summed E-state index contributed by atoms with van der Waals surface area (Å²) in [6.07, 6.45) is 3.90. The van der Waals surface area contributed by atoms with Gasteiger partial charge in [-0.1, -0.05) is 18.2 Å². The number of ether oxygens (including phenoxy) is 1. The number of rotatable bonds is 6. The van der Waals surface area contributed by atoms with Gasteiger partial charge in [-0.2, -0.15) is 0 Å². The number of unbranched alkanes of at least 4 members (excludes halogenated alkanes) is 1. The lowest BCUT2D eigenvalue weighted by atomic mass is 10.2. The molecular weight excluding hydrogens is 286 g/mol. The van der Waals surface area contributed by atoms with E-state index in [1.54, 1.807) is 7.11 Å². The van der Waals surface area contributed by atoms with Gasteiger partial charge in [0, 0.05) is 25.6 Å². The smallest absolute Gasteiger partial charge is 0.124 e. The fraction of sp³-hybridized carbons (Fsp3) is 0.375. The highest BCUT2D eigenvalue weighted by molar-refractivity contribution is 6.17. The van der Waals surface area contributed by atoms with Crippen LogP contribution in [0.5, 0.6) is 0 Å². The van der Waals surface area contributed by atoms with E-state index in [0.29, 0.717) is 5.88 Å². The fourth-order valence-corrected chi connectivity index (χ4v) is 2.87. The average molecular weight is 304 g/mol. The van der Waals surface area contributed by atoms with E-state index in [9.17, 15) is 0 Å². The minimum Gasteiger partial charge on any atom is -0.385 e. The van der Waals surface area contributed by atoms with Crippen molar-refractivity contribution in [3.8, 4) is 0 Å². The van der Waals surface area contributed by atoms with Crippen LogP contribution in [0.15, 0.2) is 30.5 Å². The second-order valence-corrected chi connectivity index (χ2v) is 5.29. The lowest BCUT2D eigenvalue weighted by Crippen LogP contribution is -2.04. The van der Waals surface area contributed by atoms with E-state index >= 15 is 0 Å².